The van der Waals surface area contributed by atoms with Crippen molar-refractivity contribution in [2.24, 2.45) is 0 Å². The Morgan fingerprint density at radius 1 is 1.13 bits per heavy atom. The summed E-state index contributed by atoms with van der Waals surface area (Å²) in [6.45, 7) is 10.8. The lowest BCUT2D eigenvalue weighted by atomic mass is 9.95. The summed E-state index contributed by atoms with van der Waals surface area (Å²) in [6, 6.07) is 6.45. The molecule has 1 aromatic carbocycles. The van der Waals surface area contributed by atoms with E-state index in [0.29, 0.717) is 5.92 Å². The van der Waals surface area contributed by atoms with Crippen LogP contribution in [0.2, 0.25) is 0 Å². The maximum Gasteiger partial charge on any atom is 0.119 e. The van der Waals surface area contributed by atoms with E-state index in [1.54, 1.807) is 0 Å². The van der Waals surface area contributed by atoms with Gasteiger partial charge in [-0.3, -0.25) is 0 Å². The van der Waals surface area contributed by atoms with Crippen LogP contribution < -0.4 is 4.74 Å². The molecule has 0 fully saturated rings. The SMILES string of the molecule is CCc1cc(OC(C)C)ccc1C(C)C. The van der Waals surface area contributed by atoms with Crippen molar-refractivity contribution in [1.82, 2.24) is 0 Å². The Morgan fingerprint density at radius 3 is 2.27 bits per heavy atom. The zero-order chi connectivity index (χ0) is 11.4. The van der Waals surface area contributed by atoms with Crippen LogP contribution in [0.4, 0.5) is 0 Å². The minimum Gasteiger partial charge on any atom is -0.491 e. The molecule has 0 heterocycles. The summed E-state index contributed by atoms with van der Waals surface area (Å²) in [7, 11) is 0. The third kappa shape index (κ3) is 3.26. The average molecular weight is 206 g/mol. The van der Waals surface area contributed by atoms with Crippen LogP contribution in [0.5, 0.6) is 5.75 Å². The Balaban J connectivity index is 2.97. The van der Waals surface area contributed by atoms with Gasteiger partial charge in [0.2, 0.25) is 0 Å². The maximum absolute atomic E-state index is 5.69. The average Bonchev–Trinajstić information content (AvgIpc) is 2.16. The lowest BCUT2D eigenvalue weighted by molar-refractivity contribution is 0.242. The van der Waals surface area contributed by atoms with Crippen molar-refractivity contribution in [2.75, 3.05) is 0 Å². The molecule has 0 aromatic heterocycles. The van der Waals surface area contributed by atoms with E-state index in [2.05, 4.69) is 52.8 Å². The van der Waals surface area contributed by atoms with Gasteiger partial charge in [0, 0.05) is 0 Å². The molecule has 84 valence electrons. The first-order valence-electron chi connectivity index (χ1n) is 5.84. The number of rotatable bonds is 4. The molecule has 0 bridgehead atoms. The highest BCUT2D eigenvalue weighted by Crippen LogP contribution is 2.25. The minimum absolute atomic E-state index is 0.250. The molecule has 0 atom stereocenters. The summed E-state index contributed by atoms with van der Waals surface area (Å²) in [4.78, 5) is 0. The molecule has 0 N–H and O–H groups in total. The predicted molar refractivity (Wildman–Crippen MR) is 65.7 cm³/mol. The van der Waals surface area contributed by atoms with Gasteiger partial charge in [0.15, 0.2) is 0 Å². The number of ether oxygens (including phenoxy) is 1. The van der Waals surface area contributed by atoms with Gasteiger partial charge in [-0.15, -0.1) is 0 Å². The Hall–Kier alpha value is -0.980. The summed E-state index contributed by atoms with van der Waals surface area (Å²) in [5, 5.41) is 0. The quantitative estimate of drug-likeness (QED) is 0.718. The molecule has 0 radical (unpaired) electrons. The molecule has 0 aliphatic heterocycles. The number of benzene rings is 1. The molecule has 0 aliphatic rings. The summed E-state index contributed by atoms with van der Waals surface area (Å²) in [5.41, 5.74) is 2.84. The van der Waals surface area contributed by atoms with E-state index in [4.69, 9.17) is 4.74 Å². The topological polar surface area (TPSA) is 9.23 Å². The van der Waals surface area contributed by atoms with Gasteiger partial charge in [-0.05, 0) is 49.4 Å². The third-order valence-corrected chi connectivity index (χ3v) is 2.49. The van der Waals surface area contributed by atoms with Crippen LogP contribution in [0.15, 0.2) is 18.2 Å². The van der Waals surface area contributed by atoms with Crippen molar-refractivity contribution in [3.8, 4) is 5.75 Å². The highest BCUT2D eigenvalue weighted by Gasteiger charge is 2.07. The lowest BCUT2D eigenvalue weighted by Crippen LogP contribution is -2.06. The van der Waals surface area contributed by atoms with E-state index in [0.717, 1.165) is 12.2 Å². The molecule has 0 unspecified atom stereocenters. The van der Waals surface area contributed by atoms with Crippen LogP contribution in [-0.4, -0.2) is 6.10 Å². The van der Waals surface area contributed by atoms with E-state index in [1.165, 1.54) is 11.1 Å². The van der Waals surface area contributed by atoms with E-state index in [-0.39, 0.29) is 6.10 Å². The van der Waals surface area contributed by atoms with Crippen LogP contribution in [0, 0.1) is 0 Å². The van der Waals surface area contributed by atoms with Crippen molar-refractivity contribution in [2.45, 2.75) is 53.1 Å². The van der Waals surface area contributed by atoms with E-state index in [1.807, 2.05) is 0 Å². The van der Waals surface area contributed by atoms with Crippen LogP contribution >= 0.6 is 0 Å². The van der Waals surface area contributed by atoms with E-state index in [9.17, 15) is 0 Å². The fraction of sp³-hybridized carbons (Fsp3) is 0.571. The molecular formula is C14H22O. The van der Waals surface area contributed by atoms with Crippen LogP contribution in [0.1, 0.15) is 51.7 Å². The molecular weight excluding hydrogens is 184 g/mol. The summed E-state index contributed by atoms with van der Waals surface area (Å²) < 4.78 is 5.69. The van der Waals surface area contributed by atoms with Gasteiger partial charge in [0.1, 0.15) is 5.75 Å². The van der Waals surface area contributed by atoms with Gasteiger partial charge in [-0.1, -0.05) is 26.8 Å². The highest BCUT2D eigenvalue weighted by molar-refractivity contribution is 5.37. The molecule has 15 heavy (non-hydrogen) atoms. The van der Waals surface area contributed by atoms with E-state index >= 15 is 0 Å². The molecule has 0 spiro atoms. The second-order valence-electron chi connectivity index (χ2n) is 4.54. The van der Waals surface area contributed by atoms with Gasteiger partial charge in [-0.2, -0.15) is 0 Å². The maximum atomic E-state index is 5.69. The largest absolute Gasteiger partial charge is 0.491 e. The standard InChI is InChI=1S/C14H22O/c1-6-12-9-13(15-11(4)5)7-8-14(12)10(2)3/h7-11H,6H2,1-5H3. The molecule has 1 heteroatoms. The fourth-order valence-electron chi connectivity index (χ4n) is 1.80. The molecule has 0 aliphatic carbocycles. The second kappa shape index (κ2) is 5.20. The zero-order valence-corrected chi connectivity index (χ0v) is 10.5. The van der Waals surface area contributed by atoms with Gasteiger partial charge >= 0.3 is 0 Å². The summed E-state index contributed by atoms with van der Waals surface area (Å²) >= 11 is 0. The number of hydrogen-bond acceptors (Lipinski definition) is 1. The van der Waals surface area contributed by atoms with Crippen molar-refractivity contribution in [1.29, 1.82) is 0 Å². The summed E-state index contributed by atoms with van der Waals surface area (Å²) in [6.07, 6.45) is 1.32. The molecule has 1 rings (SSSR count). The van der Waals surface area contributed by atoms with Gasteiger partial charge < -0.3 is 4.74 Å². The van der Waals surface area contributed by atoms with E-state index < -0.39 is 0 Å². The van der Waals surface area contributed by atoms with Crippen molar-refractivity contribution in [3.05, 3.63) is 29.3 Å². The van der Waals surface area contributed by atoms with Gasteiger partial charge in [-0.25, -0.2) is 0 Å². The fourth-order valence-corrected chi connectivity index (χ4v) is 1.80. The van der Waals surface area contributed by atoms with Crippen LogP contribution in [0.3, 0.4) is 0 Å². The van der Waals surface area contributed by atoms with Crippen LogP contribution in [-0.2, 0) is 6.42 Å². The van der Waals surface area contributed by atoms with Crippen molar-refractivity contribution >= 4 is 0 Å². The zero-order valence-electron chi connectivity index (χ0n) is 10.5. The Bertz CT molecular complexity index is 313. The third-order valence-electron chi connectivity index (χ3n) is 2.49. The van der Waals surface area contributed by atoms with Gasteiger partial charge in [0.05, 0.1) is 6.10 Å². The Kier molecular flexibility index (Phi) is 4.19. The normalized spacial score (nSPS) is 11.1. The first-order valence-corrected chi connectivity index (χ1v) is 5.84. The molecule has 1 aromatic rings. The lowest BCUT2D eigenvalue weighted by Gasteiger charge is -2.15. The minimum atomic E-state index is 0.250. The second-order valence-corrected chi connectivity index (χ2v) is 4.54. The number of aryl methyl sites for hydroxylation is 1. The number of hydrogen-bond donors (Lipinski definition) is 0. The molecule has 0 saturated heterocycles. The Labute approximate surface area is 93.5 Å². The molecule has 1 nitrogen and oxygen atoms in total. The van der Waals surface area contributed by atoms with Crippen molar-refractivity contribution in [3.63, 3.8) is 0 Å². The van der Waals surface area contributed by atoms with Crippen LogP contribution in [0.25, 0.3) is 0 Å². The first-order chi connectivity index (χ1) is 7.04. The monoisotopic (exact) mass is 206 g/mol. The highest BCUT2D eigenvalue weighted by atomic mass is 16.5. The predicted octanol–water partition coefficient (Wildman–Crippen LogP) is 4.16. The Morgan fingerprint density at radius 2 is 1.80 bits per heavy atom. The van der Waals surface area contributed by atoms with Crippen molar-refractivity contribution < 1.29 is 4.74 Å². The molecule has 0 saturated carbocycles. The summed E-state index contributed by atoms with van der Waals surface area (Å²) in [5.74, 6) is 1.58. The molecule has 0 amide bonds. The van der Waals surface area contributed by atoms with Gasteiger partial charge in [0.25, 0.3) is 0 Å². The first kappa shape index (κ1) is 12.1. The smallest absolute Gasteiger partial charge is 0.119 e.